The van der Waals surface area contributed by atoms with Crippen molar-refractivity contribution < 1.29 is 14.3 Å². The summed E-state index contributed by atoms with van der Waals surface area (Å²) in [6.45, 7) is 9.44. The van der Waals surface area contributed by atoms with Crippen molar-refractivity contribution >= 4 is 41.0 Å². The molecule has 1 aromatic heterocycles. The second-order valence-corrected chi connectivity index (χ2v) is 10.1. The van der Waals surface area contributed by atoms with Crippen LogP contribution in [-0.2, 0) is 16.1 Å². The SMILES string of the molecule is CSc1ncc(C(C)N(Cc2ccccc2)C(C)=O)c(Nc2cccc(NC(=O)OC(C)(C)C)c2)n1. The molecule has 1 unspecified atom stereocenters. The third-order valence-corrected chi connectivity index (χ3v) is 5.83. The molecule has 0 radical (unpaired) electrons. The van der Waals surface area contributed by atoms with E-state index in [2.05, 4.69) is 20.6 Å². The van der Waals surface area contributed by atoms with Gasteiger partial charge < -0.3 is 15.0 Å². The molecule has 0 saturated heterocycles. The molecule has 8 nitrogen and oxygen atoms in total. The summed E-state index contributed by atoms with van der Waals surface area (Å²) in [7, 11) is 0. The van der Waals surface area contributed by atoms with E-state index in [0.717, 1.165) is 16.8 Å². The van der Waals surface area contributed by atoms with Gasteiger partial charge in [0.2, 0.25) is 5.91 Å². The molecule has 0 aliphatic heterocycles. The van der Waals surface area contributed by atoms with Crippen LogP contribution in [0.25, 0.3) is 0 Å². The number of aromatic nitrogens is 2. The van der Waals surface area contributed by atoms with Crippen LogP contribution in [-0.4, -0.2) is 38.7 Å². The Labute approximate surface area is 216 Å². The predicted octanol–water partition coefficient (Wildman–Crippen LogP) is 6.40. The Kier molecular flexibility index (Phi) is 8.93. The van der Waals surface area contributed by atoms with E-state index < -0.39 is 11.7 Å². The first-order chi connectivity index (χ1) is 17.1. The molecule has 1 heterocycles. The van der Waals surface area contributed by atoms with Crippen molar-refractivity contribution in [2.45, 2.75) is 58.0 Å². The molecule has 0 bridgehead atoms. The zero-order valence-electron chi connectivity index (χ0n) is 21.5. The number of hydrogen-bond acceptors (Lipinski definition) is 7. The normalized spacial score (nSPS) is 11.9. The highest BCUT2D eigenvalue weighted by Gasteiger charge is 2.23. The number of nitrogens with zero attached hydrogens (tertiary/aromatic N) is 3. The van der Waals surface area contributed by atoms with Gasteiger partial charge in [0.05, 0.1) is 6.04 Å². The highest BCUT2D eigenvalue weighted by atomic mass is 32.2. The summed E-state index contributed by atoms with van der Waals surface area (Å²) in [5.74, 6) is 0.547. The molecule has 3 aromatic rings. The highest BCUT2D eigenvalue weighted by Crippen LogP contribution is 2.31. The van der Waals surface area contributed by atoms with Gasteiger partial charge in [0.25, 0.3) is 0 Å². The van der Waals surface area contributed by atoms with Crippen LogP contribution in [0.1, 0.15) is 51.8 Å². The van der Waals surface area contributed by atoms with Crippen LogP contribution in [0.15, 0.2) is 66.0 Å². The summed E-state index contributed by atoms with van der Waals surface area (Å²) >= 11 is 1.43. The van der Waals surface area contributed by atoms with E-state index in [-0.39, 0.29) is 11.9 Å². The van der Waals surface area contributed by atoms with E-state index in [4.69, 9.17) is 4.74 Å². The maximum absolute atomic E-state index is 12.6. The van der Waals surface area contributed by atoms with Gasteiger partial charge in [-0.25, -0.2) is 14.8 Å². The van der Waals surface area contributed by atoms with E-state index in [1.165, 1.54) is 11.8 Å². The van der Waals surface area contributed by atoms with Gasteiger partial charge in [-0.15, -0.1) is 0 Å². The quantitative estimate of drug-likeness (QED) is 0.269. The summed E-state index contributed by atoms with van der Waals surface area (Å²) in [6.07, 6.45) is 3.14. The fourth-order valence-corrected chi connectivity index (χ4v) is 3.92. The fraction of sp³-hybridized carbons (Fsp3) is 0.333. The summed E-state index contributed by atoms with van der Waals surface area (Å²) in [5.41, 5.74) is 2.53. The predicted molar refractivity (Wildman–Crippen MR) is 144 cm³/mol. The Balaban J connectivity index is 1.88. The second kappa shape index (κ2) is 11.9. The molecule has 2 N–H and O–H groups in total. The smallest absolute Gasteiger partial charge is 0.412 e. The number of anilines is 3. The molecule has 190 valence electrons. The van der Waals surface area contributed by atoms with Crippen LogP contribution in [0.2, 0.25) is 0 Å². The van der Waals surface area contributed by atoms with E-state index >= 15 is 0 Å². The number of nitrogens with one attached hydrogen (secondary N) is 2. The molecule has 3 rings (SSSR count). The molecule has 2 aromatic carbocycles. The van der Waals surface area contributed by atoms with Crippen LogP contribution in [0.5, 0.6) is 0 Å². The first-order valence-corrected chi connectivity index (χ1v) is 12.9. The fourth-order valence-electron chi connectivity index (χ4n) is 3.58. The molecule has 1 atom stereocenters. The van der Waals surface area contributed by atoms with Gasteiger partial charge in [-0.05, 0) is 57.7 Å². The van der Waals surface area contributed by atoms with Crippen molar-refractivity contribution in [1.29, 1.82) is 0 Å². The number of carbonyl (C=O) groups is 2. The van der Waals surface area contributed by atoms with Crippen molar-refractivity contribution in [3.05, 3.63) is 71.9 Å². The maximum atomic E-state index is 12.6. The molecule has 0 aliphatic rings. The van der Waals surface area contributed by atoms with Gasteiger partial charge in [0, 0.05) is 36.6 Å². The Morgan fingerprint density at radius 1 is 1.08 bits per heavy atom. The summed E-state index contributed by atoms with van der Waals surface area (Å²) in [5, 5.41) is 6.71. The minimum atomic E-state index is -0.595. The number of rotatable bonds is 8. The number of hydrogen-bond donors (Lipinski definition) is 2. The molecule has 0 fully saturated rings. The van der Waals surface area contributed by atoms with Crippen LogP contribution in [0.3, 0.4) is 0 Å². The van der Waals surface area contributed by atoms with E-state index in [0.29, 0.717) is 23.2 Å². The molecule has 0 aliphatic carbocycles. The molecular formula is C27H33N5O3S. The molecular weight excluding hydrogens is 474 g/mol. The Morgan fingerprint density at radius 2 is 1.78 bits per heavy atom. The molecule has 0 spiro atoms. The number of benzene rings is 2. The number of thioether (sulfide) groups is 1. The lowest BCUT2D eigenvalue weighted by atomic mass is 10.1. The van der Waals surface area contributed by atoms with Crippen molar-refractivity contribution in [3.63, 3.8) is 0 Å². The molecule has 9 heteroatoms. The van der Waals surface area contributed by atoms with Gasteiger partial charge in [-0.2, -0.15) is 0 Å². The Morgan fingerprint density at radius 3 is 2.42 bits per heavy atom. The van der Waals surface area contributed by atoms with E-state index in [1.54, 1.807) is 30.2 Å². The first-order valence-electron chi connectivity index (χ1n) is 11.6. The average Bonchev–Trinajstić information content (AvgIpc) is 2.81. The van der Waals surface area contributed by atoms with E-state index in [9.17, 15) is 9.59 Å². The van der Waals surface area contributed by atoms with Crippen molar-refractivity contribution in [2.75, 3.05) is 16.9 Å². The Hall–Kier alpha value is -3.59. The lowest BCUT2D eigenvalue weighted by Gasteiger charge is -2.29. The monoisotopic (exact) mass is 507 g/mol. The van der Waals surface area contributed by atoms with Gasteiger partial charge >= 0.3 is 6.09 Å². The molecule has 2 amide bonds. The van der Waals surface area contributed by atoms with Crippen LogP contribution >= 0.6 is 11.8 Å². The summed E-state index contributed by atoms with van der Waals surface area (Å²) in [4.78, 5) is 35.7. The lowest BCUT2D eigenvalue weighted by Crippen LogP contribution is -2.31. The second-order valence-electron chi connectivity index (χ2n) is 9.30. The van der Waals surface area contributed by atoms with Crippen LogP contribution < -0.4 is 10.6 Å². The lowest BCUT2D eigenvalue weighted by molar-refractivity contribution is -0.131. The summed E-state index contributed by atoms with van der Waals surface area (Å²) in [6, 6.07) is 16.9. The van der Waals surface area contributed by atoms with Gasteiger partial charge in [-0.1, -0.05) is 48.2 Å². The van der Waals surface area contributed by atoms with Crippen molar-refractivity contribution in [3.8, 4) is 0 Å². The molecule has 0 saturated carbocycles. The first kappa shape index (κ1) is 27.0. The van der Waals surface area contributed by atoms with Crippen LogP contribution in [0.4, 0.5) is 22.0 Å². The zero-order chi connectivity index (χ0) is 26.3. The third kappa shape index (κ3) is 7.71. The minimum absolute atomic E-state index is 0.0465. The average molecular weight is 508 g/mol. The standard InChI is InChI=1S/C27H33N5O3S/c1-18(32(19(2)33)17-20-11-8-7-9-12-20)23-16-28-25(36-6)31-24(23)29-21-13-10-14-22(15-21)30-26(34)35-27(3,4)5/h7-16,18H,17H2,1-6H3,(H,30,34)(H,28,29,31). The van der Waals surface area contributed by atoms with Gasteiger partial charge in [0.1, 0.15) is 11.4 Å². The topological polar surface area (TPSA) is 96.5 Å². The van der Waals surface area contributed by atoms with Gasteiger partial charge in [0.15, 0.2) is 5.16 Å². The number of amides is 2. The third-order valence-electron chi connectivity index (χ3n) is 5.27. The molecule has 36 heavy (non-hydrogen) atoms. The Bertz CT molecular complexity index is 1200. The minimum Gasteiger partial charge on any atom is -0.444 e. The number of carbonyl (C=O) groups excluding carboxylic acids is 2. The van der Waals surface area contributed by atoms with Crippen LogP contribution in [0, 0.1) is 0 Å². The maximum Gasteiger partial charge on any atom is 0.412 e. The highest BCUT2D eigenvalue weighted by molar-refractivity contribution is 7.98. The van der Waals surface area contributed by atoms with E-state index in [1.807, 2.05) is 76.4 Å². The zero-order valence-corrected chi connectivity index (χ0v) is 22.3. The van der Waals surface area contributed by atoms with Crippen molar-refractivity contribution in [2.24, 2.45) is 0 Å². The largest absolute Gasteiger partial charge is 0.444 e. The van der Waals surface area contributed by atoms with Crippen molar-refractivity contribution in [1.82, 2.24) is 14.9 Å². The number of ether oxygens (including phenoxy) is 1. The summed E-state index contributed by atoms with van der Waals surface area (Å²) < 4.78 is 5.35. The van der Waals surface area contributed by atoms with Gasteiger partial charge in [-0.3, -0.25) is 10.1 Å².